The highest BCUT2D eigenvalue weighted by molar-refractivity contribution is 7.91. The number of pyridine rings is 1. The van der Waals surface area contributed by atoms with Gasteiger partial charge in [-0.25, -0.2) is 8.42 Å². The number of carbonyl (C=O) groups excluding carboxylic acids is 1. The van der Waals surface area contributed by atoms with Crippen LogP contribution in [0.5, 0.6) is 5.75 Å². The minimum Gasteiger partial charge on any atom is -0.497 e. The number of methoxy groups -OCH3 is 1. The zero-order valence-corrected chi connectivity index (χ0v) is 18.8. The monoisotopic (exact) mass is 470 g/mol. The van der Waals surface area contributed by atoms with Crippen molar-refractivity contribution in [2.45, 2.75) is 23.3 Å². The highest BCUT2D eigenvalue weighted by Crippen LogP contribution is 2.33. The second kappa shape index (κ2) is 10.1. The maximum atomic E-state index is 13.3. The average molecular weight is 471 g/mol. The molecule has 2 aromatic carbocycles. The molecule has 0 atom stereocenters. The zero-order valence-electron chi connectivity index (χ0n) is 17.9. The van der Waals surface area contributed by atoms with Crippen LogP contribution in [0.25, 0.3) is 0 Å². The summed E-state index contributed by atoms with van der Waals surface area (Å²) in [4.78, 5) is 26.5. The van der Waals surface area contributed by atoms with Gasteiger partial charge in [0.05, 0.1) is 34.1 Å². The van der Waals surface area contributed by atoms with Crippen LogP contribution in [-0.2, 0) is 21.2 Å². The van der Waals surface area contributed by atoms with Crippen LogP contribution in [0.2, 0.25) is 0 Å². The summed E-state index contributed by atoms with van der Waals surface area (Å²) in [5, 5.41) is 16.8. The summed E-state index contributed by atoms with van der Waals surface area (Å²) in [6.07, 6.45) is 3.25. The summed E-state index contributed by atoms with van der Waals surface area (Å²) >= 11 is 0. The number of anilines is 1. The van der Waals surface area contributed by atoms with Crippen LogP contribution in [0.4, 0.5) is 11.4 Å². The van der Waals surface area contributed by atoms with Gasteiger partial charge >= 0.3 is 0 Å². The summed E-state index contributed by atoms with van der Waals surface area (Å²) in [5.41, 5.74) is 1.02. The molecule has 11 heteroatoms. The second-order valence-electron chi connectivity index (χ2n) is 7.06. The minimum absolute atomic E-state index is 0.163. The summed E-state index contributed by atoms with van der Waals surface area (Å²) in [5.74, 6) is -0.0780. The molecule has 0 unspecified atom stereocenters. The van der Waals surface area contributed by atoms with E-state index < -0.39 is 14.8 Å². The van der Waals surface area contributed by atoms with Gasteiger partial charge in [-0.2, -0.15) is 0 Å². The van der Waals surface area contributed by atoms with Gasteiger partial charge in [0.15, 0.2) is 0 Å². The molecule has 1 amide bonds. The van der Waals surface area contributed by atoms with Crippen molar-refractivity contribution in [3.63, 3.8) is 0 Å². The number of hydrogen-bond acceptors (Lipinski definition) is 8. The quantitative estimate of drug-likeness (QED) is 0.359. The van der Waals surface area contributed by atoms with Crippen LogP contribution in [-0.4, -0.2) is 37.9 Å². The van der Waals surface area contributed by atoms with Crippen molar-refractivity contribution in [3.8, 4) is 5.75 Å². The third-order valence-electron chi connectivity index (χ3n) is 4.82. The fraction of sp³-hybridized carbons (Fsp3) is 0.182. The maximum absolute atomic E-state index is 13.3. The lowest BCUT2D eigenvalue weighted by Crippen LogP contribution is -2.29. The fourth-order valence-electron chi connectivity index (χ4n) is 3.02. The Kier molecular flexibility index (Phi) is 7.23. The van der Waals surface area contributed by atoms with E-state index >= 15 is 0 Å². The number of ether oxygens (including phenoxy) is 1. The standard InChI is InChI=1S/C22H22N4O6S/c1-15-5-7-18(11-20(15)26(28)29)33(30,31)21-10-17(32-2)6-8-19(21)24-14-22(27)25-13-16-4-3-9-23-12-16/h3-12,24H,13-14H2,1-2H3,(H,25,27). The molecular formula is C22H22N4O6S. The number of nitrogens with one attached hydrogen (secondary N) is 2. The number of nitro groups is 1. The molecule has 172 valence electrons. The third kappa shape index (κ3) is 5.63. The van der Waals surface area contributed by atoms with Crippen molar-refractivity contribution < 1.29 is 22.9 Å². The SMILES string of the molecule is COc1ccc(NCC(=O)NCc2cccnc2)c(S(=O)(=O)c2ccc(C)c([N+](=O)[O-])c2)c1. The van der Waals surface area contributed by atoms with Gasteiger partial charge in [-0.05, 0) is 36.8 Å². The number of sulfone groups is 1. The Morgan fingerprint density at radius 3 is 2.64 bits per heavy atom. The van der Waals surface area contributed by atoms with E-state index in [1.54, 1.807) is 24.5 Å². The minimum atomic E-state index is -4.17. The smallest absolute Gasteiger partial charge is 0.273 e. The molecule has 0 fully saturated rings. The lowest BCUT2D eigenvalue weighted by Gasteiger charge is -2.14. The van der Waals surface area contributed by atoms with Gasteiger partial charge in [-0.1, -0.05) is 12.1 Å². The van der Waals surface area contributed by atoms with Crippen LogP contribution < -0.4 is 15.4 Å². The first kappa shape index (κ1) is 23.7. The summed E-state index contributed by atoms with van der Waals surface area (Å²) in [6.45, 7) is 1.61. The van der Waals surface area contributed by atoms with Gasteiger partial charge in [-0.15, -0.1) is 0 Å². The Balaban J connectivity index is 1.85. The zero-order chi connectivity index (χ0) is 24.0. The molecule has 0 radical (unpaired) electrons. The van der Waals surface area contributed by atoms with Crippen LogP contribution in [0, 0.1) is 17.0 Å². The Morgan fingerprint density at radius 2 is 1.97 bits per heavy atom. The van der Waals surface area contributed by atoms with Crippen LogP contribution in [0.15, 0.2) is 70.7 Å². The van der Waals surface area contributed by atoms with Gasteiger partial charge < -0.3 is 15.4 Å². The molecule has 10 nitrogen and oxygen atoms in total. The average Bonchev–Trinajstić information content (AvgIpc) is 2.81. The number of hydrogen-bond donors (Lipinski definition) is 2. The number of aromatic nitrogens is 1. The molecule has 0 aliphatic carbocycles. The summed E-state index contributed by atoms with van der Waals surface area (Å²) in [6, 6.07) is 11.6. The maximum Gasteiger partial charge on any atom is 0.273 e. The van der Waals surface area contributed by atoms with E-state index in [0.29, 0.717) is 5.56 Å². The Morgan fingerprint density at radius 1 is 1.18 bits per heavy atom. The number of amides is 1. The van der Waals surface area contributed by atoms with Crippen LogP contribution in [0.3, 0.4) is 0 Å². The third-order valence-corrected chi connectivity index (χ3v) is 6.61. The molecule has 0 spiro atoms. The molecule has 2 N–H and O–H groups in total. The Labute approximate surface area is 190 Å². The molecule has 3 aromatic rings. The van der Waals surface area contributed by atoms with Gasteiger partial charge in [0, 0.05) is 36.6 Å². The topological polar surface area (TPSA) is 141 Å². The molecular weight excluding hydrogens is 448 g/mol. The number of nitrogens with zero attached hydrogens (tertiary/aromatic N) is 2. The van der Waals surface area contributed by atoms with Gasteiger partial charge in [0.1, 0.15) is 5.75 Å². The largest absolute Gasteiger partial charge is 0.497 e. The first-order valence-corrected chi connectivity index (χ1v) is 11.3. The van der Waals surface area contributed by atoms with Gasteiger partial charge in [-0.3, -0.25) is 19.9 Å². The van der Waals surface area contributed by atoms with Crippen molar-refractivity contribution in [1.82, 2.24) is 10.3 Å². The van der Waals surface area contributed by atoms with Crippen LogP contribution in [0.1, 0.15) is 11.1 Å². The molecule has 0 bridgehead atoms. The summed E-state index contributed by atoms with van der Waals surface area (Å²) < 4.78 is 31.8. The Hall–Kier alpha value is -3.99. The molecule has 0 aliphatic rings. The lowest BCUT2D eigenvalue weighted by molar-refractivity contribution is -0.385. The lowest BCUT2D eigenvalue weighted by atomic mass is 10.2. The number of aryl methyl sites for hydroxylation is 1. The molecule has 0 saturated carbocycles. The Bertz CT molecular complexity index is 1280. The highest BCUT2D eigenvalue weighted by atomic mass is 32.2. The second-order valence-corrected chi connectivity index (χ2v) is 8.98. The van der Waals surface area contributed by atoms with Crippen molar-refractivity contribution in [1.29, 1.82) is 0 Å². The number of nitro benzene ring substituents is 1. The first-order valence-electron chi connectivity index (χ1n) is 9.80. The molecule has 3 rings (SSSR count). The number of benzene rings is 2. The normalized spacial score (nSPS) is 11.0. The predicted octanol–water partition coefficient (Wildman–Crippen LogP) is 2.87. The van der Waals surface area contributed by atoms with Gasteiger partial charge in [0.2, 0.25) is 15.7 Å². The van der Waals surface area contributed by atoms with Crippen molar-refractivity contribution in [3.05, 3.63) is 82.2 Å². The van der Waals surface area contributed by atoms with Crippen LogP contribution >= 0.6 is 0 Å². The van der Waals surface area contributed by atoms with E-state index in [2.05, 4.69) is 15.6 Å². The van der Waals surface area contributed by atoms with Crippen molar-refractivity contribution in [2.24, 2.45) is 0 Å². The van der Waals surface area contributed by atoms with E-state index in [0.717, 1.165) is 11.6 Å². The molecule has 1 heterocycles. The fourth-order valence-corrected chi connectivity index (χ4v) is 4.49. The van der Waals surface area contributed by atoms with E-state index in [-0.39, 0.29) is 45.9 Å². The molecule has 33 heavy (non-hydrogen) atoms. The van der Waals surface area contributed by atoms with E-state index in [4.69, 9.17) is 4.74 Å². The number of carbonyl (C=O) groups is 1. The highest BCUT2D eigenvalue weighted by Gasteiger charge is 2.25. The molecule has 0 saturated heterocycles. The molecule has 0 aliphatic heterocycles. The van der Waals surface area contributed by atoms with E-state index in [1.165, 1.54) is 38.3 Å². The van der Waals surface area contributed by atoms with Gasteiger partial charge in [0.25, 0.3) is 5.69 Å². The van der Waals surface area contributed by atoms with E-state index in [9.17, 15) is 23.3 Å². The summed E-state index contributed by atoms with van der Waals surface area (Å²) in [7, 11) is -2.77. The van der Waals surface area contributed by atoms with Crippen molar-refractivity contribution >= 4 is 27.1 Å². The molecule has 1 aromatic heterocycles. The van der Waals surface area contributed by atoms with Crippen molar-refractivity contribution in [2.75, 3.05) is 19.0 Å². The first-order chi connectivity index (χ1) is 15.7. The van der Waals surface area contributed by atoms with E-state index in [1.807, 2.05) is 6.07 Å². The predicted molar refractivity (Wildman–Crippen MR) is 121 cm³/mol. The number of rotatable bonds is 9.